The van der Waals surface area contributed by atoms with Crippen LogP contribution in [-0.2, 0) is 60.9 Å². The molecule has 22 nitrogen and oxygen atoms in total. The Morgan fingerprint density at radius 2 is 0.854 bits per heavy atom. The number of imide groups is 4. The fourth-order valence-corrected chi connectivity index (χ4v) is 20.2. The van der Waals surface area contributed by atoms with Gasteiger partial charge in [0.25, 0.3) is 5.91 Å². The van der Waals surface area contributed by atoms with E-state index in [1.54, 1.807) is 104 Å². The summed E-state index contributed by atoms with van der Waals surface area (Å²) in [5.41, 5.74) is 8.55. The van der Waals surface area contributed by atoms with Gasteiger partial charge in [-0.3, -0.25) is 53.0 Å². The zero-order valence-electron chi connectivity index (χ0n) is 80.4. The summed E-state index contributed by atoms with van der Waals surface area (Å²) in [6.07, 6.45) is 40.6. The number of unbranched alkanes of at least 4 members (excludes halogenated alkanes) is 27. The number of rotatable bonds is 54. The van der Waals surface area contributed by atoms with Crippen LogP contribution >= 0.6 is 0 Å². The summed E-state index contributed by atoms with van der Waals surface area (Å²) in [5, 5.41) is 3.07. The number of anilines is 3. The van der Waals surface area contributed by atoms with Crippen molar-refractivity contribution in [2.75, 3.05) is 55.1 Å². The van der Waals surface area contributed by atoms with E-state index in [2.05, 4.69) is 26.1 Å². The minimum atomic E-state index is -0.781. The molecule has 4 aliphatic heterocycles. The Bertz CT molecular complexity index is 5300. The Hall–Kier alpha value is -11.8. The summed E-state index contributed by atoms with van der Waals surface area (Å²) in [6, 6.07) is 44.3. The number of likely N-dealkylation sites (tertiary alicyclic amines) is 2. The second-order valence-corrected chi connectivity index (χ2v) is 38.1. The number of fused-ring (bicyclic) bond motifs is 2. The van der Waals surface area contributed by atoms with E-state index in [1.165, 1.54) is 152 Å². The largest absolute Gasteiger partial charge is 0.490 e. The molecule has 0 aromatic heterocycles. The third-order valence-electron chi connectivity index (χ3n) is 27.9. The standard InChI is InChI=1S/C113H139N5O17.2CH4/c1-8-11-14-17-20-23-26-29-32-35-58-130-98-70-88(71-99(131-59-36-33-30-27-24-21-18-15-12-9-2)105(98)132-60-37-34-31-28-25-22-19-16-13-10-3)113(129)135-93-52-48-89(49-53-93)114-106(122)87-65-83(81-41-38-40-76(4)61-81)64-84(66-87)82-42-39-43-91(67-82)118-110(126)97-69-86(63-78(6)104(97)112(118)128)95-73-101(120)116(108(95)124)57-56-79-44-46-80(47-45-79)74-134-102(121)75-133-92-54-50-90(51-55-92)117-109(125)96-68-85(62-77(5)103(96)111(117)127)94-72-100(119)115(7)107(94)123;;/h38-55,61-67,70-71,85-86,94-97,103-104H,8-37,56-60,68-69,72-75H2,1-7H3,(H,114,122);2*1H4. The molecule has 13 rings (SSSR count). The Labute approximate surface area is 812 Å². The van der Waals surface area contributed by atoms with Crippen LogP contribution in [0.4, 0.5) is 17.1 Å². The van der Waals surface area contributed by atoms with Gasteiger partial charge < -0.3 is 33.7 Å². The number of aryl methyl sites for hydroxylation is 1. The summed E-state index contributed by atoms with van der Waals surface area (Å²) in [6.45, 7) is 13.4. The second kappa shape index (κ2) is 52.7. The Morgan fingerprint density at radius 1 is 0.401 bits per heavy atom. The number of carbonyl (C=O) groups excluding carboxylic acids is 11. The third kappa shape index (κ3) is 28.3. The van der Waals surface area contributed by atoms with Crippen molar-refractivity contribution < 1.29 is 81.2 Å². The van der Waals surface area contributed by atoms with Crippen LogP contribution in [0.25, 0.3) is 22.3 Å². The van der Waals surface area contributed by atoms with E-state index in [4.69, 9.17) is 28.4 Å². The molecule has 2 aliphatic carbocycles. The predicted octanol–water partition coefficient (Wildman–Crippen LogP) is 24.9. The number of nitrogens with one attached hydrogen (secondary N) is 1. The first-order chi connectivity index (χ1) is 65.6. The normalized spacial score (nSPS) is 19.0. The van der Waals surface area contributed by atoms with Gasteiger partial charge in [-0.1, -0.05) is 299 Å². The van der Waals surface area contributed by atoms with Crippen molar-refractivity contribution >= 4 is 82.2 Å². The lowest BCUT2D eigenvalue weighted by molar-refractivity contribution is -0.147. The van der Waals surface area contributed by atoms with Crippen molar-refractivity contribution in [2.45, 2.75) is 288 Å². The van der Waals surface area contributed by atoms with E-state index >= 15 is 0 Å². The van der Waals surface area contributed by atoms with Gasteiger partial charge in [0.15, 0.2) is 18.1 Å². The number of allylic oxidation sites excluding steroid dienone is 2. The number of benzene rings is 7. The van der Waals surface area contributed by atoms with Crippen molar-refractivity contribution in [3.8, 4) is 51.0 Å². The summed E-state index contributed by atoms with van der Waals surface area (Å²) >= 11 is 0. The van der Waals surface area contributed by atoms with Crippen LogP contribution in [0.2, 0.25) is 0 Å². The highest BCUT2D eigenvalue weighted by Gasteiger charge is 2.56. The molecule has 9 amide bonds. The van der Waals surface area contributed by atoms with Crippen molar-refractivity contribution in [1.29, 1.82) is 0 Å². The maximum absolute atomic E-state index is 14.9. The third-order valence-corrected chi connectivity index (χ3v) is 27.9. The highest BCUT2D eigenvalue weighted by Crippen LogP contribution is 2.50. The van der Waals surface area contributed by atoms with Gasteiger partial charge in [0, 0.05) is 37.7 Å². The van der Waals surface area contributed by atoms with E-state index in [1.807, 2.05) is 80.6 Å². The van der Waals surface area contributed by atoms with Crippen molar-refractivity contribution in [3.63, 3.8) is 0 Å². The highest BCUT2D eigenvalue weighted by molar-refractivity contribution is 6.24. The number of ether oxygens (including phenoxy) is 6. The summed E-state index contributed by atoms with van der Waals surface area (Å²) in [7, 11) is 1.46. The van der Waals surface area contributed by atoms with E-state index in [9.17, 15) is 52.7 Å². The van der Waals surface area contributed by atoms with Gasteiger partial charge in [-0.2, -0.15) is 0 Å². The molecule has 8 unspecified atom stereocenters. The number of hydrogen-bond donors (Lipinski definition) is 1. The molecule has 137 heavy (non-hydrogen) atoms. The monoisotopic (exact) mass is 1870 g/mol. The molecule has 22 heteroatoms. The van der Waals surface area contributed by atoms with Crippen molar-refractivity contribution in [3.05, 3.63) is 203 Å². The number of esters is 2. The first kappa shape index (κ1) is 106. The molecule has 0 saturated carbocycles. The van der Waals surface area contributed by atoms with Gasteiger partial charge in [-0.05, 0) is 196 Å². The second-order valence-electron chi connectivity index (χ2n) is 38.1. The molecule has 4 fully saturated rings. The van der Waals surface area contributed by atoms with E-state index in [0.29, 0.717) is 99.7 Å². The predicted molar refractivity (Wildman–Crippen MR) is 539 cm³/mol. The van der Waals surface area contributed by atoms with Crippen LogP contribution in [0.1, 0.15) is 305 Å². The molecule has 6 aliphatic rings. The molecule has 7 aromatic rings. The summed E-state index contributed by atoms with van der Waals surface area (Å²) < 4.78 is 37.2. The highest BCUT2D eigenvalue weighted by atomic mass is 16.6. The van der Waals surface area contributed by atoms with Crippen molar-refractivity contribution in [1.82, 2.24) is 9.80 Å². The van der Waals surface area contributed by atoms with Crippen molar-refractivity contribution in [2.24, 2.45) is 47.3 Å². The average Bonchev–Trinajstić information content (AvgIpc) is 1.59. The van der Waals surface area contributed by atoms with Gasteiger partial charge in [-0.15, -0.1) is 0 Å². The lowest BCUT2D eigenvalue weighted by Crippen LogP contribution is -2.36. The Balaban J connectivity index is 0.00000900. The molecular formula is C115H147N5O17. The SMILES string of the molecule is C.C.CCCCCCCCCCCCOc1cc(C(=O)Oc2ccc(NC(=O)c3cc(-c4cccc(C)c4)cc(-c4cccc(N5C(=O)C6CC(C7CC(=O)N(CCc8ccc(COC(=O)COc9ccc(N%10C(=O)C%11CC(C%12CC(=O)N(C)C%12=O)C=C(C)C%11C%10=O)cc9)cc8)C7=O)C=C(C)C6C5=O)c4)c3)cc2)cc(OCCCCCCCCCCCC)c1OCCCCCCCCCCCC. The molecule has 4 heterocycles. The lowest BCUT2D eigenvalue weighted by atomic mass is 9.71. The van der Waals surface area contributed by atoms with Crippen LogP contribution in [0, 0.1) is 54.3 Å². The summed E-state index contributed by atoms with van der Waals surface area (Å²) in [5.74, 6) is -7.38. The molecular weight excluding hydrogens is 1720 g/mol. The zero-order chi connectivity index (χ0) is 95.3. The van der Waals surface area contributed by atoms with E-state index in [-0.39, 0.29) is 112 Å². The Kier molecular flexibility index (Phi) is 40.6. The van der Waals surface area contributed by atoms with Crippen LogP contribution in [-0.4, -0.2) is 115 Å². The van der Waals surface area contributed by atoms with Gasteiger partial charge in [-0.25, -0.2) is 19.4 Å². The maximum Gasteiger partial charge on any atom is 0.344 e. The average molecular weight is 1870 g/mol. The zero-order valence-corrected chi connectivity index (χ0v) is 80.4. The van der Waals surface area contributed by atoms with E-state index < -0.39 is 71.8 Å². The van der Waals surface area contributed by atoms with Crippen LogP contribution in [0.5, 0.6) is 28.7 Å². The molecule has 0 radical (unpaired) electrons. The molecule has 1 N–H and O–H groups in total. The molecule has 0 spiro atoms. The number of amides is 9. The first-order valence-corrected chi connectivity index (χ1v) is 50.3. The molecule has 0 bridgehead atoms. The van der Waals surface area contributed by atoms with E-state index in [0.717, 1.165) is 89.8 Å². The maximum atomic E-state index is 14.9. The van der Waals surface area contributed by atoms with Crippen LogP contribution in [0.3, 0.4) is 0 Å². The molecule has 8 atom stereocenters. The minimum absolute atomic E-state index is 0. The van der Waals surface area contributed by atoms with Crippen LogP contribution in [0.15, 0.2) is 175 Å². The smallest absolute Gasteiger partial charge is 0.344 e. The van der Waals surface area contributed by atoms with Gasteiger partial charge in [0.2, 0.25) is 53.0 Å². The fourth-order valence-electron chi connectivity index (χ4n) is 20.2. The minimum Gasteiger partial charge on any atom is -0.490 e. The molecule has 734 valence electrons. The van der Waals surface area contributed by atoms with Gasteiger partial charge in [0.1, 0.15) is 18.1 Å². The number of nitrogens with zero attached hydrogens (tertiary/aromatic N) is 4. The fraction of sp³-hybridized carbons (Fsp3) is 0.504. The first-order valence-electron chi connectivity index (χ1n) is 50.3. The topological polar surface area (TPSA) is 268 Å². The number of carbonyl (C=O) groups is 11. The van der Waals surface area contributed by atoms with Gasteiger partial charge >= 0.3 is 11.9 Å². The quantitative estimate of drug-likeness (QED) is 0.0122. The number of hydrogen-bond acceptors (Lipinski definition) is 17. The lowest BCUT2D eigenvalue weighted by Gasteiger charge is -2.29. The Morgan fingerprint density at radius 3 is 1.35 bits per heavy atom. The van der Waals surface area contributed by atoms with Gasteiger partial charge in [0.05, 0.1) is 72.3 Å². The summed E-state index contributed by atoms with van der Waals surface area (Å²) in [4.78, 5) is 157. The van der Waals surface area contributed by atoms with Crippen LogP contribution < -0.4 is 38.8 Å². The molecule has 7 aromatic carbocycles. The molecule has 4 saturated heterocycles.